The molecule has 1 amide bonds. The lowest BCUT2D eigenvalue weighted by Gasteiger charge is -2.50. The monoisotopic (exact) mass is 450 g/mol. The van der Waals surface area contributed by atoms with Crippen molar-refractivity contribution in [1.29, 1.82) is 0 Å². The number of aliphatic carboxylic acids is 1. The van der Waals surface area contributed by atoms with Crippen molar-refractivity contribution in [3.8, 4) is 0 Å². The van der Waals surface area contributed by atoms with E-state index >= 15 is 0 Å². The van der Waals surface area contributed by atoms with E-state index in [4.69, 9.17) is 9.47 Å². The van der Waals surface area contributed by atoms with E-state index < -0.39 is 45.5 Å². The summed E-state index contributed by atoms with van der Waals surface area (Å²) in [4.78, 5) is 59.5. The van der Waals surface area contributed by atoms with Gasteiger partial charge in [-0.05, 0) is 31.0 Å². The van der Waals surface area contributed by atoms with Crippen molar-refractivity contribution in [3.63, 3.8) is 0 Å². The summed E-state index contributed by atoms with van der Waals surface area (Å²) in [6.07, 6.45) is -1.71. The van der Waals surface area contributed by atoms with Crippen molar-refractivity contribution >= 4 is 40.6 Å². The number of β-lactam (4-membered cyclic amide) rings is 1. The molecule has 0 spiro atoms. The Labute approximate surface area is 180 Å². The van der Waals surface area contributed by atoms with Crippen LogP contribution >= 0.6 is 11.8 Å². The average Bonchev–Trinajstić information content (AvgIpc) is 2.73. The number of nitrogens with zero attached hydrogens (tertiary/aromatic N) is 2. The number of non-ortho nitro benzene ring substituents is 1. The third-order valence-electron chi connectivity index (χ3n) is 4.97. The van der Waals surface area contributed by atoms with Crippen LogP contribution in [0.3, 0.4) is 0 Å². The molecule has 1 aromatic carbocycles. The minimum atomic E-state index is -1.38. The predicted molar refractivity (Wildman–Crippen MR) is 106 cm³/mol. The van der Waals surface area contributed by atoms with Crippen molar-refractivity contribution in [2.45, 2.75) is 38.4 Å². The molecule has 0 unspecified atom stereocenters. The zero-order chi connectivity index (χ0) is 22.9. The summed E-state index contributed by atoms with van der Waals surface area (Å²) in [6.45, 7) is 2.83. The van der Waals surface area contributed by atoms with Gasteiger partial charge in [-0.25, -0.2) is 9.59 Å². The molecule has 0 saturated carbocycles. The highest BCUT2D eigenvalue weighted by atomic mass is 32.2. The summed E-state index contributed by atoms with van der Waals surface area (Å²) in [5.74, 6) is -2.80. The summed E-state index contributed by atoms with van der Waals surface area (Å²) in [6, 6.07) is 5.41. The third-order valence-corrected chi connectivity index (χ3v) is 6.24. The van der Waals surface area contributed by atoms with Gasteiger partial charge >= 0.3 is 12.1 Å². The first-order chi connectivity index (χ1) is 14.6. The van der Waals surface area contributed by atoms with Crippen LogP contribution in [0.1, 0.15) is 25.8 Å². The van der Waals surface area contributed by atoms with Gasteiger partial charge in [-0.2, -0.15) is 0 Å². The number of hydrogen-bond acceptors (Lipinski definition) is 9. The van der Waals surface area contributed by atoms with Crippen LogP contribution in [-0.4, -0.2) is 49.6 Å². The molecule has 1 aromatic rings. The number of nitro benzene ring substituents is 1. The summed E-state index contributed by atoms with van der Waals surface area (Å²) in [7, 11) is 0. The van der Waals surface area contributed by atoms with E-state index in [1.807, 2.05) is 0 Å². The van der Waals surface area contributed by atoms with Crippen LogP contribution in [0.5, 0.6) is 0 Å². The molecule has 0 bridgehead atoms. The first-order valence-electron chi connectivity index (χ1n) is 9.20. The number of benzene rings is 1. The van der Waals surface area contributed by atoms with Gasteiger partial charge in [0.2, 0.25) is 11.0 Å². The molecule has 11 nitrogen and oxygen atoms in total. The number of carboxylic acid groups (broad SMARTS) is 1. The Bertz CT molecular complexity index is 989. The highest BCUT2D eigenvalue weighted by Crippen LogP contribution is 2.46. The van der Waals surface area contributed by atoms with E-state index in [9.17, 15) is 34.4 Å². The summed E-state index contributed by atoms with van der Waals surface area (Å²) >= 11 is 0.820. The van der Waals surface area contributed by atoms with Gasteiger partial charge in [-0.3, -0.25) is 24.6 Å². The Morgan fingerprint density at radius 3 is 2.48 bits per heavy atom. The number of carbonyl (C=O) groups excluding carboxylic acids is 3. The number of rotatable bonds is 7. The molecule has 3 atom stereocenters. The normalized spacial score (nSPS) is 21.2. The Kier molecular flexibility index (Phi) is 6.29. The Hall–Kier alpha value is -3.41. The zero-order valence-electron chi connectivity index (χ0n) is 16.5. The molecule has 1 saturated heterocycles. The lowest BCUT2D eigenvalue weighted by atomic mass is 9.88. The van der Waals surface area contributed by atoms with E-state index in [-0.39, 0.29) is 30.0 Å². The van der Waals surface area contributed by atoms with Crippen LogP contribution in [0.15, 0.2) is 35.5 Å². The van der Waals surface area contributed by atoms with Crippen molar-refractivity contribution in [3.05, 3.63) is 51.2 Å². The Balaban J connectivity index is 1.63. The van der Waals surface area contributed by atoms with Crippen LogP contribution in [-0.2, 0) is 30.5 Å². The molecular weight excluding hydrogens is 432 g/mol. The SMILES string of the molecule is CC[C@@H](OC(=O)OCc1ccc([N+](=O)[O-])cc1)[C@H]1C(=O)N2C(C(=O)O)=C(C)C(=O)S[C@@H]12. The van der Waals surface area contributed by atoms with E-state index in [1.165, 1.54) is 31.2 Å². The van der Waals surface area contributed by atoms with Gasteiger partial charge in [0.05, 0.1) is 4.92 Å². The van der Waals surface area contributed by atoms with Crippen molar-refractivity contribution in [1.82, 2.24) is 4.90 Å². The summed E-state index contributed by atoms with van der Waals surface area (Å²) in [5, 5.41) is 18.8. The molecule has 164 valence electrons. The number of fused-ring (bicyclic) bond motifs is 1. The maximum atomic E-state index is 12.6. The first-order valence-corrected chi connectivity index (χ1v) is 10.1. The number of carbonyl (C=O) groups is 4. The number of hydrogen-bond donors (Lipinski definition) is 1. The lowest BCUT2D eigenvalue weighted by molar-refractivity contribution is -0.384. The Morgan fingerprint density at radius 2 is 1.94 bits per heavy atom. The molecule has 0 aromatic heterocycles. The quantitative estimate of drug-likeness (QED) is 0.283. The van der Waals surface area contributed by atoms with Gasteiger partial charge in [-0.1, -0.05) is 18.7 Å². The van der Waals surface area contributed by atoms with Gasteiger partial charge in [0, 0.05) is 17.7 Å². The first kappa shape index (κ1) is 22.3. The highest BCUT2D eigenvalue weighted by molar-refractivity contribution is 8.14. The van der Waals surface area contributed by atoms with Crippen molar-refractivity contribution in [2.24, 2.45) is 5.92 Å². The molecule has 31 heavy (non-hydrogen) atoms. The second-order valence-corrected chi connectivity index (χ2v) is 7.92. The number of ether oxygens (including phenoxy) is 2. The maximum absolute atomic E-state index is 12.6. The minimum Gasteiger partial charge on any atom is -0.477 e. The predicted octanol–water partition coefficient (Wildman–Crippen LogP) is 2.44. The number of amides is 1. The number of thioether (sulfide) groups is 1. The van der Waals surface area contributed by atoms with Crippen LogP contribution in [0.4, 0.5) is 10.5 Å². The maximum Gasteiger partial charge on any atom is 0.508 e. The fourth-order valence-electron chi connectivity index (χ4n) is 3.36. The van der Waals surface area contributed by atoms with Gasteiger partial charge in [0.25, 0.3) is 5.69 Å². The fourth-order valence-corrected chi connectivity index (χ4v) is 4.60. The minimum absolute atomic E-state index is 0.0166. The van der Waals surface area contributed by atoms with Gasteiger partial charge < -0.3 is 14.6 Å². The fraction of sp³-hybridized carbons (Fsp3) is 0.368. The largest absolute Gasteiger partial charge is 0.508 e. The lowest BCUT2D eigenvalue weighted by Crippen LogP contribution is -2.65. The molecule has 1 N–H and O–H groups in total. The van der Waals surface area contributed by atoms with Crippen molar-refractivity contribution in [2.75, 3.05) is 0 Å². The Morgan fingerprint density at radius 1 is 1.29 bits per heavy atom. The molecular formula is C19H18N2O9S. The molecule has 0 radical (unpaired) electrons. The molecule has 0 aliphatic carbocycles. The van der Waals surface area contributed by atoms with E-state index in [1.54, 1.807) is 6.92 Å². The van der Waals surface area contributed by atoms with E-state index in [0.717, 1.165) is 16.7 Å². The van der Waals surface area contributed by atoms with Crippen LogP contribution in [0.25, 0.3) is 0 Å². The number of nitro groups is 1. The van der Waals surface area contributed by atoms with Gasteiger partial charge in [0.1, 0.15) is 29.7 Å². The van der Waals surface area contributed by atoms with E-state index in [0.29, 0.717) is 5.56 Å². The van der Waals surface area contributed by atoms with Crippen LogP contribution < -0.4 is 0 Å². The summed E-state index contributed by atoms with van der Waals surface area (Å²) in [5.41, 5.74) is 0.0271. The molecule has 1 fully saturated rings. The molecule has 12 heteroatoms. The van der Waals surface area contributed by atoms with Gasteiger partial charge in [-0.15, -0.1) is 0 Å². The topological polar surface area (TPSA) is 153 Å². The number of carboxylic acids is 1. The zero-order valence-corrected chi connectivity index (χ0v) is 17.3. The van der Waals surface area contributed by atoms with Crippen LogP contribution in [0.2, 0.25) is 0 Å². The second kappa shape index (κ2) is 8.76. The standard InChI is InChI=1S/C19H18N2O9S/c1-3-12(30-19(26)29-8-10-4-6-11(7-5-10)21(27)28)13-15(22)20-14(17(23)24)9(2)18(25)31-16(13)20/h4-7,12-13,16H,3,8H2,1-2H3,(H,23,24)/t12-,13+,16+/m1/s1. The average molecular weight is 450 g/mol. The van der Waals surface area contributed by atoms with E-state index in [2.05, 4.69) is 0 Å². The molecule has 2 aliphatic heterocycles. The van der Waals surface area contributed by atoms with Crippen LogP contribution in [0, 0.1) is 16.0 Å². The molecule has 2 heterocycles. The molecule has 2 aliphatic rings. The smallest absolute Gasteiger partial charge is 0.477 e. The van der Waals surface area contributed by atoms with Gasteiger partial charge in [0.15, 0.2) is 0 Å². The van der Waals surface area contributed by atoms with Crippen molar-refractivity contribution < 1.29 is 38.7 Å². The second-order valence-electron chi connectivity index (χ2n) is 6.84. The summed E-state index contributed by atoms with van der Waals surface area (Å²) < 4.78 is 10.3. The molecule has 3 rings (SSSR count). The third kappa shape index (κ3) is 4.24. The highest BCUT2D eigenvalue weighted by Gasteiger charge is 2.58.